The molecule has 1 N–H and O–H groups in total. The fraction of sp³-hybridized carbons (Fsp3) is 0.333. The van der Waals surface area contributed by atoms with Crippen LogP contribution in [0.1, 0.15) is 0 Å². The monoisotopic (exact) mass is 89.0 g/mol. The quantitative estimate of drug-likeness (QED) is 0.433. The van der Waals surface area contributed by atoms with E-state index >= 15 is 0 Å². The van der Waals surface area contributed by atoms with Gasteiger partial charge >= 0.3 is 5.97 Å². The van der Waals surface area contributed by atoms with Crippen molar-refractivity contribution < 1.29 is 14.6 Å². The first-order valence-electron chi connectivity index (χ1n) is 1.37. The molecule has 0 amide bonds. The third-order valence-corrected chi connectivity index (χ3v) is 0.290. The lowest BCUT2D eigenvalue weighted by Gasteiger charge is -1.86. The minimum atomic E-state index is -0.713. The molecule has 0 saturated carbocycles. The van der Waals surface area contributed by atoms with Gasteiger partial charge in [0.25, 0.3) is 0 Å². The number of rotatable bonds is 1. The molecule has 0 aromatic carbocycles. The van der Waals surface area contributed by atoms with Gasteiger partial charge < -0.3 is 9.84 Å². The van der Waals surface area contributed by atoms with Crippen LogP contribution in [0.15, 0.2) is 0 Å². The molecule has 0 heterocycles. The third-order valence-electron chi connectivity index (χ3n) is 0.290. The van der Waals surface area contributed by atoms with Crippen molar-refractivity contribution in [2.45, 2.75) is 0 Å². The molecule has 0 fully saturated rings. The zero-order valence-corrected chi connectivity index (χ0v) is 3.18. The van der Waals surface area contributed by atoms with Crippen LogP contribution in [0.2, 0.25) is 0 Å². The summed E-state index contributed by atoms with van der Waals surface area (Å²) in [6, 6.07) is 0. The number of hydrogen-bond acceptors (Lipinski definition) is 3. The number of esters is 1. The van der Waals surface area contributed by atoms with Gasteiger partial charge in [-0.1, -0.05) is 0 Å². The molecule has 0 atom stereocenters. The van der Waals surface area contributed by atoms with Gasteiger partial charge in [-0.15, -0.1) is 0 Å². The van der Waals surface area contributed by atoms with Crippen molar-refractivity contribution in [3.05, 3.63) is 7.11 Å². The van der Waals surface area contributed by atoms with E-state index in [1.807, 2.05) is 0 Å². The Morgan fingerprint density at radius 3 is 2.50 bits per heavy atom. The van der Waals surface area contributed by atoms with Gasteiger partial charge in [-0.3, -0.25) is 0 Å². The number of carbonyl (C=O) groups excluding carboxylic acids is 1. The Balaban J connectivity index is 2.99. The Hall–Kier alpha value is -0.570. The van der Waals surface area contributed by atoms with Gasteiger partial charge in [0, 0.05) is 0 Å². The van der Waals surface area contributed by atoms with Crippen molar-refractivity contribution in [3.63, 3.8) is 0 Å². The van der Waals surface area contributed by atoms with Crippen molar-refractivity contribution in [2.75, 3.05) is 6.61 Å². The maximum absolute atomic E-state index is 9.65. The third kappa shape index (κ3) is 1.72. The van der Waals surface area contributed by atoms with Crippen LogP contribution in [0.3, 0.4) is 0 Å². The van der Waals surface area contributed by atoms with Crippen molar-refractivity contribution >= 4 is 5.97 Å². The summed E-state index contributed by atoms with van der Waals surface area (Å²) in [4.78, 5) is 9.65. The number of aliphatic hydroxyl groups excluding tert-OH is 1. The van der Waals surface area contributed by atoms with Crippen molar-refractivity contribution in [1.29, 1.82) is 0 Å². The first-order valence-corrected chi connectivity index (χ1v) is 1.37. The van der Waals surface area contributed by atoms with Gasteiger partial charge in [0.1, 0.15) is 13.7 Å². The summed E-state index contributed by atoms with van der Waals surface area (Å²) in [7, 11) is 2.75. The summed E-state index contributed by atoms with van der Waals surface area (Å²) in [6.07, 6.45) is 0. The van der Waals surface area contributed by atoms with E-state index in [1.54, 1.807) is 0 Å². The molecule has 35 valence electrons. The minimum absolute atomic E-state index is 0.594. The summed E-state index contributed by atoms with van der Waals surface area (Å²) in [6.45, 7) is -0.594. The molecular weight excluding hydrogens is 84.0 g/mol. The Bertz CT molecular complexity index is 44.0. The molecule has 0 bridgehead atoms. The lowest BCUT2D eigenvalue weighted by Crippen LogP contribution is -2.02. The molecule has 1 radical (unpaired) electrons. The highest BCUT2D eigenvalue weighted by Crippen LogP contribution is 1.66. The van der Waals surface area contributed by atoms with E-state index in [-0.39, 0.29) is 0 Å². The van der Waals surface area contributed by atoms with Gasteiger partial charge in [-0.2, -0.15) is 0 Å². The van der Waals surface area contributed by atoms with E-state index in [4.69, 9.17) is 5.11 Å². The fourth-order valence-corrected chi connectivity index (χ4v) is 0.0456. The van der Waals surface area contributed by atoms with Crippen molar-refractivity contribution in [2.24, 2.45) is 0 Å². The summed E-state index contributed by atoms with van der Waals surface area (Å²) >= 11 is 0. The van der Waals surface area contributed by atoms with Crippen molar-refractivity contribution in [3.8, 4) is 0 Å². The maximum atomic E-state index is 9.65. The molecular formula is C3H5O3. The van der Waals surface area contributed by atoms with Gasteiger partial charge in [-0.05, 0) is 0 Å². The van der Waals surface area contributed by atoms with E-state index < -0.39 is 12.6 Å². The van der Waals surface area contributed by atoms with Crippen LogP contribution >= 0.6 is 0 Å². The zero-order valence-electron chi connectivity index (χ0n) is 3.18. The summed E-state index contributed by atoms with van der Waals surface area (Å²) in [5.74, 6) is -0.713. The molecule has 0 aliphatic rings. The predicted octanol–water partition coefficient (Wildman–Crippen LogP) is -0.687. The average Bonchev–Trinajstić information content (AvgIpc) is 1.65. The molecule has 0 aromatic rings. The van der Waals surface area contributed by atoms with Gasteiger partial charge in [0.05, 0.1) is 0 Å². The molecule has 0 spiro atoms. The molecule has 3 heteroatoms. The Kier molecular flexibility index (Phi) is 2.40. The molecule has 3 nitrogen and oxygen atoms in total. The molecule has 0 saturated heterocycles. The second-order valence-corrected chi connectivity index (χ2v) is 0.674. The topological polar surface area (TPSA) is 46.5 Å². The number of hydrogen-bond donors (Lipinski definition) is 1. The van der Waals surface area contributed by atoms with Crippen LogP contribution in [0.4, 0.5) is 0 Å². The lowest BCUT2D eigenvalue weighted by atomic mass is 10.8. The smallest absolute Gasteiger partial charge is 0.331 e. The van der Waals surface area contributed by atoms with Gasteiger partial charge in [0.15, 0.2) is 0 Å². The SMILES string of the molecule is [CH2]OC(=O)CO. The second kappa shape index (κ2) is 2.66. The standard InChI is InChI=1S/C3H5O3/c1-6-3(5)2-4/h4H,1-2H2. The van der Waals surface area contributed by atoms with Crippen LogP contribution in [0.25, 0.3) is 0 Å². The average molecular weight is 89.1 g/mol. The van der Waals surface area contributed by atoms with E-state index in [1.165, 1.54) is 0 Å². The van der Waals surface area contributed by atoms with Gasteiger partial charge in [0.2, 0.25) is 0 Å². The van der Waals surface area contributed by atoms with E-state index in [2.05, 4.69) is 11.8 Å². The van der Waals surface area contributed by atoms with Crippen LogP contribution in [0, 0.1) is 7.11 Å². The minimum Gasteiger partial charge on any atom is -0.460 e. The lowest BCUT2D eigenvalue weighted by molar-refractivity contribution is -0.141. The highest BCUT2D eigenvalue weighted by atomic mass is 16.5. The summed E-state index contributed by atoms with van der Waals surface area (Å²) < 4.78 is 3.76. The van der Waals surface area contributed by atoms with Crippen LogP contribution in [-0.4, -0.2) is 17.7 Å². The van der Waals surface area contributed by atoms with E-state index in [0.29, 0.717) is 0 Å². The number of aliphatic hydroxyl groups is 1. The Labute approximate surface area is 35.5 Å². The molecule has 0 rings (SSSR count). The van der Waals surface area contributed by atoms with E-state index in [9.17, 15) is 4.79 Å². The zero-order chi connectivity index (χ0) is 4.99. The van der Waals surface area contributed by atoms with Crippen molar-refractivity contribution in [1.82, 2.24) is 0 Å². The molecule has 0 aliphatic heterocycles. The maximum Gasteiger partial charge on any atom is 0.331 e. The predicted molar refractivity (Wildman–Crippen MR) is 18.5 cm³/mol. The normalized spacial score (nSPS) is 7.67. The highest BCUT2D eigenvalue weighted by Gasteiger charge is 1.89. The fourth-order valence-electron chi connectivity index (χ4n) is 0.0456. The van der Waals surface area contributed by atoms with E-state index in [0.717, 1.165) is 0 Å². The Morgan fingerprint density at radius 1 is 2.00 bits per heavy atom. The first-order chi connectivity index (χ1) is 2.81. The Morgan fingerprint density at radius 2 is 2.50 bits per heavy atom. The largest absolute Gasteiger partial charge is 0.460 e. The second-order valence-electron chi connectivity index (χ2n) is 0.674. The highest BCUT2D eigenvalue weighted by molar-refractivity contribution is 5.70. The number of carbonyl (C=O) groups is 1. The van der Waals surface area contributed by atoms with Gasteiger partial charge in [-0.25, -0.2) is 4.79 Å². The molecule has 0 aromatic heterocycles. The molecule has 0 unspecified atom stereocenters. The number of ether oxygens (including phenoxy) is 1. The van der Waals surface area contributed by atoms with Crippen LogP contribution in [0.5, 0.6) is 0 Å². The van der Waals surface area contributed by atoms with Crippen LogP contribution in [-0.2, 0) is 9.53 Å². The molecule has 0 aliphatic carbocycles. The summed E-state index contributed by atoms with van der Waals surface area (Å²) in [5, 5.41) is 7.82. The van der Waals surface area contributed by atoms with Crippen LogP contribution < -0.4 is 0 Å². The first kappa shape index (κ1) is 5.43. The molecule has 6 heavy (non-hydrogen) atoms. The summed E-state index contributed by atoms with van der Waals surface area (Å²) in [5.41, 5.74) is 0.